The molecule has 0 aromatic carbocycles. The highest BCUT2D eigenvalue weighted by Crippen LogP contribution is 2.31. The maximum absolute atomic E-state index is 11.8. The van der Waals surface area contributed by atoms with E-state index in [-0.39, 0.29) is 22.2 Å². The van der Waals surface area contributed by atoms with Crippen LogP contribution in [0.1, 0.15) is 38.5 Å². The minimum atomic E-state index is -3.39. The van der Waals surface area contributed by atoms with Gasteiger partial charge in [-0.1, -0.05) is 0 Å². The van der Waals surface area contributed by atoms with E-state index in [9.17, 15) is 13.2 Å². The molecule has 0 spiro atoms. The van der Waals surface area contributed by atoms with Crippen LogP contribution in [0, 0.1) is 0 Å². The number of sulfonamides is 1. The van der Waals surface area contributed by atoms with Crippen LogP contribution in [0.15, 0.2) is 5.38 Å². The van der Waals surface area contributed by atoms with Gasteiger partial charge in [-0.05, 0) is 26.7 Å². The van der Waals surface area contributed by atoms with Crippen LogP contribution in [0.2, 0.25) is 0 Å². The Hall–Kier alpha value is -1.19. The summed E-state index contributed by atoms with van der Waals surface area (Å²) in [6, 6.07) is 0. The van der Waals surface area contributed by atoms with E-state index < -0.39 is 22.1 Å². The van der Waals surface area contributed by atoms with Crippen molar-refractivity contribution in [1.29, 1.82) is 0 Å². The van der Waals surface area contributed by atoms with Crippen LogP contribution in [0.25, 0.3) is 0 Å². The van der Waals surface area contributed by atoms with Gasteiger partial charge in [-0.15, -0.1) is 11.3 Å². The number of nitrogens with zero attached hydrogens (tertiary/aromatic N) is 1. The summed E-state index contributed by atoms with van der Waals surface area (Å²) >= 11 is 1.05. The second-order valence-corrected chi connectivity index (χ2v) is 7.65. The van der Waals surface area contributed by atoms with E-state index in [4.69, 9.17) is 9.84 Å². The lowest BCUT2D eigenvalue weighted by Gasteiger charge is -2.14. The van der Waals surface area contributed by atoms with Crippen LogP contribution in [0.5, 0.6) is 0 Å². The molecule has 1 aliphatic carbocycles. The number of rotatable bonds is 7. The van der Waals surface area contributed by atoms with E-state index in [1.54, 1.807) is 13.8 Å². The van der Waals surface area contributed by atoms with E-state index >= 15 is 0 Å². The molecule has 20 heavy (non-hydrogen) atoms. The van der Waals surface area contributed by atoms with Crippen molar-refractivity contribution in [3.63, 3.8) is 0 Å². The molecule has 2 rings (SSSR count). The number of thiazole rings is 1. The highest BCUT2D eigenvalue weighted by Gasteiger charge is 2.36. The van der Waals surface area contributed by atoms with E-state index in [1.165, 1.54) is 5.38 Å². The number of carbonyl (C=O) groups is 1. The van der Waals surface area contributed by atoms with Gasteiger partial charge in [0.2, 0.25) is 10.0 Å². The van der Waals surface area contributed by atoms with Crippen molar-refractivity contribution in [1.82, 2.24) is 4.98 Å². The Balaban J connectivity index is 2.12. The summed E-state index contributed by atoms with van der Waals surface area (Å²) in [6.07, 6.45) is -0.154. The third kappa shape index (κ3) is 3.68. The quantitative estimate of drug-likeness (QED) is 0.790. The number of nitrogens with one attached hydrogen (secondary N) is 1. The molecule has 7 nitrogen and oxygen atoms in total. The fraction of sp³-hybridized carbons (Fsp3) is 0.636. The number of anilines is 1. The van der Waals surface area contributed by atoms with E-state index in [0.29, 0.717) is 12.8 Å². The summed E-state index contributed by atoms with van der Waals surface area (Å²) in [7, 11) is -3.39. The highest BCUT2D eigenvalue weighted by atomic mass is 32.2. The first-order valence-corrected chi connectivity index (χ1v) is 8.57. The normalized spacial score (nSPS) is 17.1. The molecule has 112 valence electrons. The molecule has 1 aromatic rings. The summed E-state index contributed by atoms with van der Waals surface area (Å²) in [5.74, 6) is -1.15. The Morgan fingerprint density at radius 3 is 2.70 bits per heavy atom. The van der Waals surface area contributed by atoms with Crippen LogP contribution >= 0.6 is 11.3 Å². The van der Waals surface area contributed by atoms with Crippen molar-refractivity contribution >= 4 is 32.5 Å². The molecule has 1 fully saturated rings. The van der Waals surface area contributed by atoms with E-state index in [2.05, 4.69) is 9.71 Å². The SMILES string of the molecule is CC(C)OC(C(=O)O)c1csc(NS(=O)(=O)C2CC2)n1. The maximum Gasteiger partial charge on any atom is 0.339 e. The fourth-order valence-electron chi connectivity index (χ4n) is 1.56. The largest absolute Gasteiger partial charge is 0.479 e. The summed E-state index contributed by atoms with van der Waals surface area (Å²) in [5.41, 5.74) is 0.199. The molecule has 9 heteroatoms. The zero-order valence-corrected chi connectivity index (χ0v) is 12.7. The first-order chi connectivity index (χ1) is 9.29. The molecule has 0 amide bonds. The molecule has 2 N–H and O–H groups in total. The van der Waals surface area contributed by atoms with E-state index in [1.807, 2.05) is 0 Å². The lowest BCUT2D eigenvalue weighted by atomic mass is 10.3. The predicted octanol–water partition coefficient (Wildman–Crippen LogP) is 1.60. The smallest absolute Gasteiger partial charge is 0.339 e. The molecule has 1 atom stereocenters. The lowest BCUT2D eigenvalue weighted by Crippen LogP contribution is -2.20. The number of hydrogen-bond acceptors (Lipinski definition) is 6. The molecule has 1 aliphatic rings. The fourth-order valence-corrected chi connectivity index (χ4v) is 3.88. The van der Waals surface area contributed by atoms with Crippen molar-refractivity contribution in [2.45, 2.75) is 44.1 Å². The minimum Gasteiger partial charge on any atom is -0.479 e. The predicted molar refractivity (Wildman–Crippen MR) is 74.3 cm³/mol. The molecule has 0 radical (unpaired) electrons. The lowest BCUT2D eigenvalue weighted by molar-refractivity contribution is -0.154. The number of carboxylic acids is 1. The Morgan fingerprint density at radius 2 is 2.20 bits per heavy atom. The Labute approximate surface area is 121 Å². The molecule has 0 saturated heterocycles. The van der Waals surface area contributed by atoms with Gasteiger partial charge in [0.05, 0.1) is 17.0 Å². The number of aromatic nitrogens is 1. The van der Waals surface area contributed by atoms with Gasteiger partial charge < -0.3 is 9.84 Å². The van der Waals surface area contributed by atoms with Gasteiger partial charge >= 0.3 is 5.97 Å². The number of aliphatic carboxylic acids is 1. The van der Waals surface area contributed by atoms with Gasteiger partial charge in [0.1, 0.15) is 0 Å². The number of hydrogen-bond donors (Lipinski definition) is 2. The van der Waals surface area contributed by atoms with Crippen LogP contribution < -0.4 is 4.72 Å². The van der Waals surface area contributed by atoms with Gasteiger partial charge in [-0.3, -0.25) is 4.72 Å². The van der Waals surface area contributed by atoms with E-state index in [0.717, 1.165) is 11.3 Å². The summed E-state index contributed by atoms with van der Waals surface area (Å²) in [6.45, 7) is 3.44. The maximum atomic E-state index is 11.8. The summed E-state index contributed by atoms with van der Waals surface area (Å²) < 4.78 is 31.2. The third-order valence-electron chi connectivity index (χ3n) is 2.62. The molecule has 1 saturated carbocycles. The number of carboxylic acid groups (broad SMARTS) is 1. The summed E-state index contributed by atoms with van der Waals surface area (Å²) in [4.78, 5) is 15.2. The van der Waals surface area contributed by atoms with Crippen LogP contribution in [0.4, 0.5) is 5.13 Å². The molecule has 1 unspecified atom stereocenters. The van der Waals surface area contributed by atoms with Crippen molar-refractivity contribution < 1.29 is 23.1 Å². The molecule has 0 aliphatic heterocycles. The standard InChI is InChI=1S/C11H16N2O5S2/c1-6(2)18-9(10(14)15)8-5-19-11(12-8)13-20(16,17)7-3-4-7/h5-7,9H,3-4H2,1-2H3,(H,12,13)(H,14,15). The molecular weight excluding hydrogens is 304 g/mol. The van der Waals surface area contributed by atoms with Gasteiger partial charge in [-0.2, -0.15) is 0 Å². The highest BCUT2D eigenvalue weighted by molar-refractivity contribution is 7.93. The Morgan fingerprint density at radius 1 is 1.55 bits per heavy atom. The second kappa shape index (κ2) is 5.66. The van der Waals surface area contributed by atoms with Gasteiger partial charge in [0, 0.05) is 5.38 Å². The molecular formula is C11H16N2O5S2. The van der Waals surface area contributed by atoms with Crippen molar-refractivity contribution in [2.24, 2.45) is 0 Å². The monoisotopic (exact) mass is 320 g/mol. The van der Waals surface area contributed by atoms with Crippen LogP contribution in [0.3, 0.4) is 0 Å². The van der Waals surface area contributed by atoms with Crippen LogP contribution in [-0.4, -0.2) is 35.8 Å². The van der Waals surface area contributed by atoms with Crippen LogP contribution in [-0.2, 0) is 19.6 Å². The molecule has 1 heterocycles. The topological polar surface area (TPSA) is 106 Å². The average Bonchev–Trinajstić information content (AvgIpc) is 3.09. The zero-order valence-electron chi connectivity index (χ0n) is 11.1. The zero-order chi connectivity index (χ0) is 14.9. The van der Waals surface area contributed by atoms with Crippen molar-refractivity contribution in [3.8, 4) is 0 Å². The molecule has 0 bridgehead atoms. The van der Waals surface area contributed by atoms with Crippen molar-refractivity contribution in [2.75, 3.05) is 4.72 Å². The Kier molecular flexibility index (Phi) is 4.31. The summed E-state index contributed by atoms with van der Waals surface area (Å²) in [5, 5.41) is 10.4. The third-order valence-corrected chi connectivity index (χ3v) is 5.35. The first kappa shape index (κ1) is 15.2. The van der Waals surface area contributed by atoms with Crippen molar-refractivity contribution in [3.05, 3.63) is 11.1 Å². The van der Waals surface area contributed by atoms with Gasteiger partial charge in [0.25, 0.3) is 0 Å². The second-order valence-electron chi connectivity index (χ2n) is 4.83. The molecule has 1 aromatic heterocycles. The number of ether oxygens (including phenoxy) is 1. The van der Waals surface area contributed by atoms with Gasteiger partial charge in [0.15, 0.2) is 11.2 Å². The first-order valence-electron chi connectivity index (χ1n) is 6.15. The van der Waals surface area contributed by atoms with Gasteiger partial charge in [-0.25, -0.2) is 18.2 Å². The average molecular weight is 320 g/mol. The minimum absolute atomic E-state index is 0.172. The Bertz CT molecular complexity index is 592.